The average molecular weight is 280 g/mol. The predicted molar refractivity (Wildman–Crippen MR) is 69.4 cm³/mol. The molecule has 0 spiro atoms. The number of pyridine rings is 1. The SMILES string of the molecule is COc1cc(C(C)O)c[n+](Cc2ccccc2)c1.[Cl-]. The first kappa shape index (κ1) is 15.5. The minimum absolute atomic E-state index is 0. The Morgan fingerprint density at radius 3 is 2.47 bits per heavy atom. The summed E-state index contributed by atoms with van der Waals surface area (Å²) in [6.45, 7) is 2.51. The maximum atomic E-state index is 9.67. The number of rotatable bonds is 4. The van der Waals surface area contributed by atoms with Crippen LogP contribution in [0.25, 0.3) is 0 Å². The van der Waals surface area contributed by atoms with Crippen molar-refractivity contribution in [1.82, 2.24) is 0 Å². The molecule has 102 valence electrons. The average Bonchev–Trinajstić information content (AvgIpc) is 2.39. The van der Waals surface area contributed by atoms with Gasteiger partial charge >= 0.3 is 0 Å². The third-order valence-corrected chi connectivity index (χ3v) is 2.84. The van der Waals surface area contributed by atoms with Crippen LogP contribution in [-0.4, -0.2) is 12.2 Å². The second kappa shape index (κ2) is 7.12. The van der Waals surface area contributed by atoms with Crippen LogP contribution in [0.2, 0.25) is 0 Å². The quantitative estimate of drug-likeness (QED) is 0.735. The largest absolute Gasteiger partial charge is 1.00 e. The first-order valence-corrected chi connectivity index (χ1v) is 5.99. The first-order valence-electron chi connectivity index (χ1n) is 5.99. The Morgan fingerprint density at radius 2 is 1.89 bits per heavy atom. The highest BCUT2D eigenvalue weighted by Crippen LogP contribution is 2.16. The van der Waals surface area contributed by atoms with Gasteiger partial charge in [-0.2, -0.15) is 4.57 Å². The Bertz CT molecular complexity index is 515. The van der Waals surface area contributed by atoms with Crippen molar-refractivity contribution in [3.8, 4) is 5.75 Å². The maximum Gasteiger partial charge on any atom is 0.211 e. The molecule has 19 heavy (non-hydrogen) atoms. The van der Waals surface area contributed by atoms with Crippen LogP contribution in [0.1, 0.15) is 24.2 Å². The van der Waals surface area contributed by atoms with Gasteiger partial charge in [-0.25, -0.2) is 0 Å². The molecule has 1 aromatic heterocycles. The topological polar surface area (TPSA) is 33.3 Å². The fourth-order valence-electron chi connectivity index (χ4n) is 1.86. The van der Waals surface area contributed by atoms with E-state index in [4.69, 9.17) is 4.74 Å². The zero-order valence-corrected chi connectivity index (χ0v) is 11.8. The fourth-order valence-corrected chi connectivity index (χ4v) is 1.86. The number of aromatic nitrogens is 1. The number of hydrogen-bond donors (Lipinski definition) is 1. The van der Waals surface area contributed by atoms with E-state index >= 15 is 0 Å². The van der Waals surface area contributed by atoms with Gasteiger partial charge in [0.05, 0.1) is 13.2 Å². The van der Waals surface area contributed by atoms with Crippen molar-refractivity contribution in [2.24, 2.45) is 0 Å². The zero-order chi connectivity index (χ0) is 13.0. The minimum atomic E-state index is -0.498. The van der Waals surface area contributed by atoms with Crippen LogP contribution in [0.5, 0.6) is 5.75 Å². The summed E-state index contributed by atoms with van der Waals surface area (Å²) in [5.74, 6) is 0.754. The van der Waals surface area contributed by atoms with Crippen LogP contribution < -0.4 is 21.7 Å². The van der Waals surface area contributed by atoms with Crippen LogP contribution in [-0.2, 0) is 6.54 Å². The maximum absolute atomic E-state index is 9.67. The summed E-state index contributed by atoms with van der Waals surface area (Å²) in [5.41, 5.74) is 2.07. The molecule has 1 unspecified atom stereocenters. The van der Waals surface area contributed by atoms with Crippen molar-refractivity contribution in [3.05, 3.63) is 59.9 Å². The van der Waals surface area contributed by atoms with E-state index in [2.05, 4.69) is 12.1 Å². The molecule has 1 atom stereocenters. The van der Waals surface area contributed by atoms with Gasteiger partial charge in [0.15, 0.2) is 18.5 Å². The molecule has 2 aromatic rings. The molecular formula is C15H18ClNO2. The van der Waals surface area contributed by atoms with E-state index in [9.17, 15) is 5.11 Å². The van der Waals surface area contributed by atoms with Crippen LogP contribution in [0.15, 0.2) is 48.8 Å². The van der Waals surface area contributed by atoms with Gasteiger partial charge in [0.2, 0.25) is 6.20 Å². The number of ether oxygens (including phenoxy) is 1. The summed E-state index contributed by atoms with van der Waals surface area (Å²) in [5, 5.41) is 9.67. The Hall–Kier alpha value is -1.58. The molecule has 1 heterocycles. The summed E-state index contributed by atoms with van der Waals surface area (Å²) >= 11 is 0. The van der Waals surface area contributed by atoms with Crippen LogP contribution >= 0.6 is 0 Å². The Balaban J connectivity index is 0.00000180. The van der Waals surface area contributed by atoms with Gasteiger partial charge in [-0.3, -0.25) is 0 Å². The van der Waals surface area contributed by atoms with E-state index in [0.717, 1.165) is 17.9 Å². The van der Waals surface area contributed by atoms with Gasteiger partial charge in [0.1, 0.15) is 0 Å². The Labute approximate surface area is 119 Å². The van der Waals surface area contributed by atoms with E-state index in [-0.39, 0.29) is 12.4 Å². The zero-order valence-electron chi connectivity index (χ0n) is 11.1. The molecular weight excluding hydrogens is 262 g/mol. The normalized spacial score (nSPS) is 11.5. The third kappa shape index (κ3) is 4.23. The van der Waals surface area contributed by atoms with Gasteiger partial charge in [0, 0.05) is 11.1 Å². The van der Waals surface area contributed by atoms with Crippen molar-refractivity contribution in [2.45, 2.75) is 19.6 Å². The van der Waals surface area contributed by atoms with Gasteiger partial charge in [-0.1, -0.05) is 30.3 Å². The fraction of sp³-hybridized carbons (Fsp3) is 0.267. The summed E-state index contributed by atoms with van der Waals surface area (Å²) in [6, 6.07) is 12.0. The molecule has 0 aliphatic rings. The molecule has 2 rings (SSSR count). The van der Waals surface area contributed by atoms with Crippen molar-refractivity contribution >= 4 is 0 Å². The van der Waals surface area contributed by atoms with E-state index in [1.54, 1.807) is 14.0 Å². The first-order chi connectivity index (χ1) is 8.69. The lowest BCUT2D eigenvalue weighted by molar-refractivity contribution is -0.689. The van der Waals surface area contributed by atoms with Gasteiger partial charge in [0.25, 0.3) is 0 Å². The lowest BCUT2D eigenvalue weighted by atomic mass is 10.1. The third-order valence-electron chi connectivity index (χ3n) is 2.84. The van der Waals surface area contributed by atoms with Gasteiger partial charge in [-0.05, 0) is 13.0 Å². The van der Waals surface area contributed by atoms with E-state index < -0.39 is 6.10 Å². The number of aliphatic hydroxyl groups excluding tert-OH is 1. The molecule has 0 aliphatic heterocycles. The van der Waals surface area contributed by atoms with Gasteiger partial charge in [-0.15, -0.1) is 0 Å². The summed E-state index contributed by atoms with van der Waals surface area (Å²) in [7, 11) is 1.63. The summed E-state index contributed by atoms with van der Waals surface area (Å²) in [6.07, 6.45) is 3.38. The number of methoxy groups -OCH3 is 1. The molecule has 0 aliphatic carbocycles. The van der Waals surface area contributed by atoms with Crippen molar-refractivity contribution in [2.75, 3.05) is 7.11 Å². The minimum Gasteiger partial charge on any atom is -1.00 e. The van der Waals surface area contributed by atoms with Crippen LogP contribution in [0.4, 0.5) is 0 Å². The molecule has 0 saturated carbocycles. The predicted octanol–water partition coefficient (Wildman–Crippen LogP) is -0.912. The second-order valence-electron chi connectivity index (χ2n) is 4.34. The van der Waals surface area contributed by atoms with E-state index in [1.165, 1.54) is 5.56 Å². The number of aliphatic hydroxyl groups is 1. The van der Waals surface area contributed by atoms with Crippen molar-refractivity contribution in [1.29, 1.82) is 0 Å². The molecule has 0 amide bonds. The molecule has 1 N–H and O–H groups in total. The van der Waals surface area contributed by atoms with Gasteiger partial charge < -0.3 is 22.3 Å². The molecule has 0 radical (unpaired) electrons. The summed E-state index contributed by atoms with van der Waals surface area (Å²) in [4.78, 5) is 0. The monoisotopic (exact) mass is 279 g/mol. The van der Waals surface area contributed by atoms with Crippen LogP contribution in [0.3, 0.4) is 0 Å². The Morgan fingerprint density at radius 1 is 1.21 bits per heavy atom. The lowest BCUT2D eigenvalue weighted by Crippen LogP contribution is -3.00. The van der Waals surface area contributed by atoms with Crippen molar-refractivity contribution < 1.29 is 26.8 Å². The smallest absolute Gasteiger partial charge is 0.211 e. The number of benzene rings is 1. The molecule has 0 fully saturated rings. The highest BCUT2D eigenvalue weighted by molar-refractivity contribution is 5.22. The van der Waals surface area contributed by atoms with E-state index in [1.807, 2.05) is 41.2 Å². The number of nitrogens with zero attached hydrogens (tertiary/aromatic N) is 1. The number of halogens is 1. The highest BCUT2D eigenvalue weighted by atomic mass is 35.5. The molecule has 4 heteroatoms. The Kier molecular flexibility index (Phi) is 5.80. The van der Waals surface area contributed by atoms with Crippen molar-refractivity contribution in [3.63, 3.8) is 0 Å². The number of hydrogen-bond acceptors (Lipinski definition) is 2. The summed E-state index contributed by atoms with van der Waals surface area (Å²) < 4.78 is 7.28. The molecule has 0 saturated heterocycles. The molecule has 1 aromatic carbocycles. The highest BCUT2D eigenvalue weighted by Gasteiger charge is 2.12. The van der Waals surface area contributed by atoms with E-state index in [0.29, 0.717) is 0 Å². The molecule has 3 nitrogen and oxygen atoms in total. The second-order valence-corrected chi connectivity index (χ2v) is 4.34. The molecule has 0 bridgehead atoms. The van der Waals surface area contributed by atoms with Crippen LogP contribution in [0, 0.1) is 0 Å². The standard InChI is InChI=1S/C15H18NO2.ClH/c1-12(17)14-8-15(18-2)11-16(10-14)9-13-6-4-3-5-7-13;/h3-8,10-12,17H,9H2,1-2H3;1H/q+1;/p-1. The lowest BCUT2D eigenvalue weighted by Gasteiger charge is -2.06.